The van der Waals surface area contributed by atoms with Crippen molar-refractivity contribution in [3.8, 4) is 0 Å². The van der Waals surface area contributed by atoms with Gasteiger partial charge in [-0.2, -0.15) is 13.5 Å². The molecule has 16 heavy (non-hydrogen) atoms. The molecule has 0 amide bonds. The van der Waals surface area contributed by atoms with Crippen LogP contribution in [0.15, 0.2) is 34.3 Å². The Bertz CT molecular complexity index is 469. The van der Waals surface area contributed by atoms with Gasteiger partial charge in [-0.1, -0.05) is 40.9 Å². The van der Waals surface area contributed by atoms with Gasteiger partial charge in [-0.3, -0.25) is 0 Å². The lowest BCUT2D eigenvalue weighted by Gasteiger charge is -2.03. The zero-order valence-electron chi connectivity index (χ0n) is 8.39. The average Bonchev–Trinajstić information content (AvgIpc) is 2.17. The molecule has 1 aromatic rings. The molecule has 0 heterocycles. The Kier molecular flexibility index (Phi) is 4.58. The van der Waals surface area contributed by atoms with Gasteiger partial charge in [0.1, 0.15) is 4.84 Å². The van der Waals surface area contributed by atoms with Crippen LogP contribution in [0.3, 0.4) is 0 Å². The van der Waals surface area contributed by atoms with Crippen molar-refractivity contribution in [3.63, 3.8) is 0 Å². The summed E-state index contributed by atoms with van der Waals surface area (Å²) < 4.78 is 23.2. The van der Waals surface area contributed by atoms with E-state index >= 15 is 0 Å². The summed E-state index contributed by atoms with van der Waals surface area (Å²) in [7, 11) is -3.64. The zero-order valence-corrected chi connectivity index (χ0v) is 10.7. The Morgan fingerprint density at radius 2 is 1.88 bits per heavy atom. The number of halogens is 2. The van der Waals surface area contributed by atoms with Crippen molar-refractivity contribution in [2.24, 2.45) is 5.10 Å². The number of hydrazone groups is 1. The maximum absolute atomic E-state index is 11.6. The van der Waals surface area contributed by atoms with Crippen LogP contribution in [0.2, 0.25) is 0 Å². The first-order valence-corrected chi connectivity index (χ1v) is 6.67. The summed E-state index contributed by atoms with van der Waals surface area (Å²) in [6, 6.07) is 6.38. The highest BCUT2D eigenvalue weighted by molar-refractivity contribution is 7.89. The molecule has 1 aromatic carbocycles. The van der Waals surface area contributed by atoms with Gasteiger partial charge in [0.2, 0.25) is 0 Å². The Balaban J connectivity index is 2.82. The molecule has 0 aliphatic heterocycles. The topological polar surface area (TPSA) is 58.5 Å². The van der Waals surface area contributed by atoms with Crippen LogP contribution in [0.5, 0.6) is 0 Å². The van der Waals surface area contributed by atoms with E-state index in [-0.39, 0.29) is 4.90 Å². The van der Waals surface area contributed by atoms with Crippen LogP contribution in [-0.2, 0) is 10.0 Å². The molecule has 0 atom stereocenters. The second-order valence-corrected chi connectivity index (χ2v) is 5.85. The second-order valence-electron chi connectivity index (χ2n) is 3.02. The van der Waals surface area contributed by atoms with Crippen molar-refractivity contribution >= 4 is 39.4 Å². The molecular formula is C9H10Cl2N2O2S. The summed E-state index contributed by atoms with van der Waals surface area (Å²) in [4.78, 5) is 1.29. The summed E-state index contributed by atoms with van der Waals surface area (Å²) in [6.45, 7) is 1.87. The predicted octanol–water partition coefficient (Wildman–Crippen LogP) is 2.06. The largest absolute Gasteiger partial charge is 0.276 e. The van der Waals surface area contributed by atoms with E-state index in [4.69, 9.17) is 23.2 Å². The van der Waals surface area contributed by atoms with Gasteiger partial charge in [0.15, 0.2) is 0 Å². The summed E-state index contributed by atoms with van der Waals surface area (Å²) in [5.74, 6) is 0. The third kappa shape index (κ3) is 4.00. The minimum atomic E-state index is -3.64. The fraction of sp³-hybridized carbons (Fsp3) is 0.222. The predicted molar refractivity (Wildman–Crippen MR) is 65.5 cm³/mol. The maximum Gasteiger partial charge on any atom is 0.276 e. The van der Waals surface area contributed by atoms with E-state index in [0.29, 0.717) is 0 Å². The molecule has 1 rings (SSSR count). The fourth-order valence-corrected chi connectivity index (χ4v) is 1.84. The third-order valence-corrected chi connectivity index (χ3v) is 3.16. The molecule has 1 N–H and O–H groups in total. The number of rotatable bonds is 4. The van der Waals surface area contributed by atoms with Crippen molar-refractivity contribution in [3.05, 3.63) is 29.8 Å². The summed E-state index contributed by atoms with van der Waals surface area (Å²) >= 11 is 10.7. The number of alkyl halides is 2. The van der Waals surface area contributed by atoms with Crippen LogP contribution in [0.4, 0.5) is 0 Å². The Hall–Kier alpha value is -0.780. The van der Waals surface area contributed by atoms with E-state index in [2.05, 4.69) is 5.10 Å². The molecule has 0 saturated heterocycles. The van der Waals surface area contributed by atoms with Crippen molar-refractivity contribution in [1.29, 1.82) is 0 Å². The van der Waals surface area contributed by atoms with Gasteiger partial charge in [0.05, 0.1) is 11.1 Å². The van der Waals surface area contributed by atoms with E-state index in [0.717, 1.165) is 11.8 Å². The number of nitrogens with zero attached hydrogens (tertiary/aromatic N) is 1. The summed E-state index contributed by atoms with van der Waals surface area (Å²) in [5, 5.41) is 3.41. The van der Waals surface area contributed by atoms with E-state index in [1.807, 2.05) is 11.8 Å². The number of nitrogens with one attached hydrogen (secondary N) is 1. The molecular weight excluding hydrogens is 271 g/mol. The van der Waals surface area contributed by atoms with Crippen LogP contribution in [0.1, 0.15) is 5.56 Å². The van der Waals surface area contributed by atoms with Crippen LogP contribution in [0.25, 0.3) is 0 Å². The number of hydrogen-bond donors (Lipinski definition) is 1. The van der Waals surface area contributed by atoms with Crippen molar-refractivity contribution < 1.29 is 8.42 Å². The van der Waals surface area contributed by atoms with Gasteiger partial charge >= 0.3 is 0 Å². The van der Waals surface area contributed by atoms with Gasteiger partial charge in [-0.05, 0) is 19.1 Å². The smallest absolute Gasteiger partial charge is 0.200 e. The van der Waals surface area contributed by atoms with Crippen LogP contribution < -0.4 is 4.83 Å². The molecule has 0 aliphatic rings. The first-order chi connectivity index (χ1) is 7.42. The van der Waals surface area contributed by atoms with Gasteiger partial charge in [-0.15, -0.1) is 0 Å². The number of hydrogen-bond acceptors (Lipinski definition) is 3. The molecule has 0 bridgehead atoms. The number of benzene rings is 1. The van der Waals surface area contributed by atoms with Gasteiger partial charge in [0, 0.05) is 0 Å². The molecule has 0 aliphatic carbocycles. The fourth-order valence-electron chi connectivity index (χ4n) is 0.926. The number of sulfonamides is 1. The Labute approximate surface area is 104 Å². The molecule has 7 heteroatoms. The summed E-state index contributed by atoms with van der Waals surface area (Å²) in [5.41, 5.74) is 0.976. The first-order valence-electron chi connectivity index (χ1n) is 4.31. The van der Waals surface area contributed by atoms with Gasteiger partial charge in [0.25, 0.3) is 10.0 Å². The normalized spacial score (nSPS) is 12.2. The van der Waals surface area contributed by atoms with Crippen molar-refractivity contribution in [1.82, 2.24) is 4.83 Å². The highest BCUT2D eigenvalue weighted by atomic mass is 35.5. The zero-order chi connectivity index (χ0) is 12.2. The highest BCUT2D eigenvalue weighted by Gasteiger charge is 2.11. The van der Waals surface area contributed by atoms with E-state index in [9.17, 15) is 8.42 Å². The Morgan fingerprint density at radius 1 is 1.31 bits per heavy atom. The van der Waals surface area contributed by atoms with Gasteiger partial charge < -0.3 is 0 Å². The average molecular weight is 281 g/mol. The van der Waals surface area contributed by atoms with E-state index < -0.39 is 14.9 Å². The van der Waals surface area contributed by atoms with Crippen LogP contribution in [-0.4, -0.2) is 19.5 Å². The quantitative estimate of drug-likeness (QED) is 0.521. The lowest BCUT2D eigenvalue weighted by atomic mass is 10.2. The third-order valence-electron chi connectivity index (χ3n) is 1.69. The Morgan fingerprint density at radius 3 is 2.38 bits per heavy atom. The first kappa shape index (κ1) is 13.3. The molecule has 0 unspecified atom stereocenters. The minimum absolute atomic E-state index is 0.135. The molecule has 4 nitrogen and oxygen atoms in total. The van der Waals surface area contributed by atoms with Crippen molar-refractivity contribution in [2.45, 2.75) is 16.7 Å². The molecule has 0 fully saturated rings. The van der Waals surface area contributed by atoms with Gasteiger partial charge in [-0.25, -0.2) is 4.83 Å². The second kappa shape index (κ2) is 5.52. The summed E-state index contributed by atoms with van der Waals surface area (Å²) in [6.07, 6.45) is 1.08. The standard InChI is InChI=1S/C9H10Cl2N2O2S/c1-7-2-4-8(5-3-7)16(14,15)13-12-6-9(10)11/h2-6,9,13H,1H3. The monoisotopic (exact) mass is 280 g/mol. The van der Waals surface area contributed by atoms with E-state index in [1.165, 1.54) is 12.1 Å². The molecule has 88 valence electrons. The van der Waals surface area contributed by atoms with Crippen LogP contribution in [0, 0.1) is 6.92 Å². The molecule has 0 radical (unpaired) electrons. The molecule has 0 saturated carbocycles. The lowest BCUT2D eigenvalue weighted by molar-refractivity contribution is 0.584. The number of aryl methyl sites for hydroxylation is 1. The lowest BCUT2D eigenvalue weighted by Crippen LogP contribution is -2.18. The minimum Gasteiger partial charge on any atom is -0.200 e. The molecule has 0 aromatic heterocycles. The molecule has 0 spiro atoms. The highest BCUT2D eigenvalue weighted by Crippen LogP contribution is 2.09. The maximum atomic E-state index is 11.6. The van der Waals surface area contributed by atoms with E-state index in [1.54, 1.807) is 12.1 Å². The SMILES string of the molecule is Cc1ccc(S(=O)(=O)NN=CC(Cl)Cl)cc1. The van der Waals surface area contributed by atoms with Crippen LogP contribution >= 0.6 is 23.2 Å². The van der Waals surface area contributed by atoms with Crippen molar-refractivity contribution in [2.75, 3.05) is 0 Å².